The first-order chi connectivity index (χ1) is 10.6. The maximum Gasteiger partial charge on any atom is 0.187 e. The van der Waals surface area contributed by atoms with Crippen LogP contribution in [0.15, 0.2) is 54.7 Å². The Bertz CT molecular complexity index is 684. The first-order valence-corrected chi connectivity index (χ1v) is 7.13. The Kier molecular flexibility index (Phi) is 5.55. The van der Waals surface area contributed by atoms with E-state index in [1.165, 1.54) is 30.5 Å². The summed E-state index contributed by atoms with van der Waals surface area (Å²) in [6.07, 6.45) is 2.88. The summed E-state index contributed by atoms with van der Waals surface area (Å²) in [4.78, 5) is 12.0. The van der Waals surface area contributed by atoms with Crippen LogP contribution in [-0.2, 0) is 0 Å². The Morgan fingerprint density at radius 1 is 1.27 bits per heavy atom. The molecule has 0 unspecified atom stereocenters. The number of allylic oxidation sites excluding steroid dienone is 1. The molecule has 0 atom stereocenters. The van der Waals surface area contributed by atoms with Gasteiger partial charge in [0.25, 0.3) is 0 Å². The monoisotopic (exact) mass is 319 g/mol. The maximum absolute atomic E-state index is 13.0. The summed E-state index contributed by atoms with van der Waals surface area (Å²) in [5.41, 5.74) is 1.15. The van der Waals surface area contributed by atoms with E-state index < -0.39 is 5.82 Å². The highest BCUT2D eigenvalue weighted by atomic mass is 35.5. The summed E-state index contributed by atoms with van der Waals surface area (Å²) in [6.45, 7) is 2.48. The molecule has 0 fully saturated rings. The van der Waals surface area contributed by atoms with Crippen molar-refractivity contribution in [3.63, 3.8) is 0 Å². The Hall–Kier alpha value is -2.33. The van der Waals surface area contributed by atoms with Crippen molar-refractivity contribution in [3.8, 4) is 5.75 Å². The third-order valence-electron chi connectivity index (χ3n) is 2.85. The van der Waals surface area contributed by atoms with Crippen molar-refractivity contribution in [2.24, 2.45) is 0 Å². The number of benzene rings is 2. The number of nitrogens with one attached hydrogen (secondary N) is 1. The third-order valence-corrected chi connectivity index (χ3v) is 3.14. The minimum Gasteiger partial charge on any atom is -0.494 e. The third kappa shape index (κ3) is 4.33. The lowest BCUT2D eigenvalue weighted by atomic mass is 10.1. The van der Waals surface area contributed by atoms with E-state index in [2.05, 4.69) is 5.32 Å². The predicted octanol–water partition coefficient (Wildman–Crippen LogP) is 4.69. The van der Waals surface area contributed by atoms with E-state index in [-0.39, 0.29) is 10.8 Å². The lowest BCUT2D eigenvalue weighted by Gasteiger charge is -2.03. The quantitative estimate of drug-likeness (QED) is 0.620. The zero-order valence-electron chi connectivity index (χ0n) is 12.0. The molecule has 0 spiro atoms. The van der Waals surface area contributed by atoms with Crippen LogP contribution in [0.3, 0.4) is 0 Å². The van der Waals surface area contributed by atoms with Crippen LogP contribution in [0.2, 0.25) is 5.02 Å². The Labute approximate surface area is 133 Å². The maximum atomic E-state index is 13.0. The van der Waals surface area contributed by atoms with Gasteiger partial charge in [-0.25, -0.2) is 4.39 Å². The summed E-state index contributed by atoms with van der Waals surface area (Å²) >= 11 is 5.67. The molecule has 2 aromatic carbocycles. The smallest absolute Gasteiger partial charge is 0.187 e. The SMILES string of the molecule is CCOc1ccc(C(=O)C=CNc2ccc(F)c(Cl)c2)cc1. The van der Waals surface area contributed by atoms with Crippen LogP contribution in [0.5, 0.6) is 5.75 Å². The number of ether oxygens (including phenoxy) is 1. The molecule has 0 aliphatic carbocycles. The van der Waals surface area contributed by atoms with Gasteiger partial charge in [-0.05, 0) is 49.4 Å². The van der Waals surface area contributed by atoms with Crippen molar-refractivity contribution in [2.75, 3.05) is 11.9 Å². The second kappa shape index (κ2) is 7.61. The van der Waals surface area contributed by atoms with Gasteiger partial charge in [-0.3, -0.25) is 4.79 Å². The number of rotatable bonds is 6. The van der Waals surface area contributed by atoms with E-state index in [0.29, 0.717) is 17.9 Å². The zero-order chi connectivity index (χ0) is 15.9. The average Bonchev–Trinajstić information content (AvgIpc) is 2.52. The number of carbonyl (C=O) groups is 1. The number of anilines is 1. The molecule has 114 valence electrons. The van der Waals surface area contributed by atoms with Gasteiger partial charge in [-0.2, -0.15) is 0 Å². The van der Waals surface area contributed by atoms with Gasteiger partial charge < -0.3 is 10.1 Å². The van der Waals surface area contributed by atoms with Gasteiger partial charge in [0.15, 0.2) is 5.78 Å². The molecule has 0 aliphatic heterocycles. The van der Waals surface area contributed by atoms with Gasteiger partial charge >= 0.3 is 0 Å². The Balaban J connectivity index is 1.97. The first-order valence-electron chi connectivity index (χ1n) is 6.75. The van der Waals surface area contributed by atoms with Gasteiger partial charge in [0.1, 0.15) is 11.6 Å². The summed E-state index contributed by atoms with van der Waals surface area (Å²) < 4.78 is 18.3. The van der Waals surface area contributed by atoms with Crippen LogP contribution in [-0.4, -0.2) is 12.4 Å². The predicted molar refractivity (Wildman–Crippen MR) is 86.1 cm³/mol. The van der Waals surface area contributed by atoms with E-state index in [0.717, 1.165) is 5.75 Å². The molecule has 0 bridgehead atoms. The van der Waals surface area contributed by atoms with Crippen molar-refractivity contribution >= 4 is 23.1 Å². The highest BCUT2D eigenvalue weighted by Crippen LogP contribution is 2.19. The van der Waals surface area contributed by atoms with Crippen molar-refractivity contribution in [1.82, 2.24) is 0 Å². The summed E-state index contributed by atoms with van der Waals surface area (Å²) in [5.74, 6) is 0.0903. The lowest BCUT2D eigenvalue weighted by Crippen LogP contribution is -1.97. The normalized spacial score (nSPS) is 10.7. The summed E-state index contributed by atoms with van der Waals surface area (Å²) in [6, 6.07) is 11.1. The molecule has 0 saturated heterocycles. The van der Waals surface area contributed by atoms with E-state index in [9.17, 15) is 9.18 Å². The fourth-order valence-corrected chi connectivity index (χ4v) is 1.96. The lowest BCUT2D eigenvalue weighted by molar-refractivity contribution is 0.104. The van der Waals surface area contributed by atoms with Crippen molar-refractivity contribution in [3.05, 3.63) is 71.1 Å². The van der Waals surface area contributed by atoms with Gasteiger partial charge in [-0.1, -0.05) is 11.6 Å². The van der Waals surface area contributed by atoms with Gasteiger partial charge in [0.05, 0.1) is 11.6 Å². The van der Waals surface area contributed by atoms with Crippen LogP contribution >= 0.6 is 11.6 Å². The van der Waals surface area contributed by atoms with Gasteiger partial charge in [-0.15, -0.1) is 0 Å². The molecule has 22 heavy (non-hydrogen) atoms. The standard InChI is InChI=1S/C17H15ClFNO2/c1-2-22-14-6-3-12(4-7-14)17(21)9-10-20-13-5-8-16(19)15(18)11-13/h3-11,20H,2H2,1H3. The van der Waals surface area contributed by atoms with Crippen LogP contribution in [0.4, 0.5) is 10.1 Å². The summed E-state index contributed by atoms with van der Waals surface area (Å²) in [5, 5.41) is 2.89. The number of hydrogen-bond acceptors (Lipinski definition) is 3. The number of ketones is 1. The van der Waals surface area contributed by atoms with Crippen LogP contribution in [0, 0.1) is 5.82 Å². The van der Waals surface area contributed by atoms with Gasteiger partial charge in [0, 0.05) is 23.5 Å². The highest BCUT2D eigenvalue weighted by molar-refractivity contribution is 6.31. The molecule has 0 saturated carbocycles. The molecule has 2 aromatic rings. The van der Waals surface area contributed by atoms with Crippen LogP contribution in [0.1, 0.15) is 17.3 Å². The summed E-state index contributed by atoms with van der Waals surface area (Å²) in [7, 11) is 0. The van der Waals surface area contributed by atoms with Crippen molar-refractivity contribution in [2.45, 2.75) is 6.92 Å². The molecular formula is C17H15ClFNO2. The number of halogens is 2. The molecule has 3 nitrogen and oxygen atoms in total. The second-order valence-corrected chi connectivity index (χ2v) is 4.84. The van der Waals surface area contributed by atoms with Crippen LogP contribution in [0.25, 0.3) is 0 Å². The number of carbonyl (C=O) groups excluding carboxylic acids is 1. The Morgan fingerprint density at radius 2 is 2.00 bits per heavy atom. The molecule has 0 radical (unpaired) electrons. The highest BCUT2D eigenvalue weighted by Gasteiger charge is 2.02. The largest absolute Gasteiger partial charge is 0.494 e. The second-order valence-electron chi connectivity index (χ2n) is 4.43. The van der Waals surface area contributed by atoms with Gasteiger partial charge in [0.2, 0.25) is 0 Å². The molecule has 0 aliphatic rings. The molecule has 5 heteroatoms. The van der Waals surface area contributed by atoms with E-state index >= 15 is 0 Å². The van der Waals surface area contributed by atoms with E-state index in [1.54, 1.807) is 24.3 Å². The molecule has 0 aromatic heterocycles. The molecule has 0 heterocycles. The number of hydrogen-bond donors (Lipinski definition) is 1. The fourth-order valence-electron chi connectivity index (χ4n) is 1.78. The minimum absolute atomic E-state index is 0.0243. The van der Waals surface area contributed by atoms with Crippen molar-refractivity contribution in [1.29, 1.82) is 0 Å². The molecule has 1 N–H and O–H groups in total. The van der Waals surface area contributed by atoms with Crippen LogP contribution < -0.4 is 10.1 Å². The molecule has 2 rings (SSSR count). The average molecular weight is 320 g/mol. The first kappa shape index (κ1) is 16.0. The molecule has 0 amide bonds. The Morgan fingerprint density at radius 3 is 2.64 bits per heavy atom. The minimum atomic E-state index is -0.485. The zero-order valence-corrected chi connectivity index (χ0v) is 12.7. The molecular weight excluding hydrogens is 305 g/mol. The van der Waals surface area contributed by atoms with E-state index in [4.69, 9.17) is 16.3 Å². The van der Waals surface area contributed by atoms with E-state index in [1.807, 2.05) is 6.92 Å². The van der Waals surface area contributed by atoms with Crippen molar-refractivity contribution < 1.29 is 13.9 Å². The fraction of sp³-hybridized carbons (Fsp3) is 0.118. The topological polar surface area (TPSA) is 38.3 Å².